The standard InChI is InChI=1S/C17H19F2N/c1-3-20-17(11-13-6-4-5-7-16(13)19)14-8-9-15(18)12(2)10-14/h4-10,17,20H,3,11H2,1-2H3. The van der Waals surface area contributed by atoms with Crippen LogP contribution in [0.5, 0.6) is 0 Å². The zero-order chi connectivity index (χ0) is 14.5. The molecule has 1 nitrogen and oxygen atoms in total. The van der Waals surface area contributed by atoms with Crippen LogP contribution in [-0.2, 0) is 6.42 Å². The smallest absolute Gasteiger partial charge is 0.126 e. The van der Waals surface area contributed by atoms with E-state index in [-0.39, 0.29) is 17.7 Å². The number of nitrogens with one attached hydrogen (secondary N) is 1. The molecule has 1 N–H and O–H groups in total. The van der Waals surface area contributed by atoms with Crippen LogP contribution < -0.4 is 5.32 Å². The van der Waals surface area contributed by atoms with Gasteiger partial charge in [-0.05, 0) is 48.7 Å². The van der Waals surface area contributed by atoms with Gasteiger partial charge < -0.3 is 5.32 Å². The third-order valence-electron chi connectivity index (χ3n) is 3.42. The summed E-state index contributed by atoms with van der Waals surface area (Å²) in [6.45, 7) is 4.52. The molecule has 0 spiro atoms. The number of likely N-dealkylation sites (N-methyl/N-ethyl adjacent to an activating group) is 1. The highest BCUT2D eigenvalue weighted by Gasteiger charge is 2.14. The molecule has 2 aromatic rings. The fourth-order valence-corrected chi connectivity index (χ4v) is 2.32. The summed E-state index contributed by atoms with van der Waals surface area (Å²) in [4.78, 5) is 0. The molecule has 1 atom stereocenters. The van der Waals surface area contributed by atoms with Crippen molar-refractivity contribution in [2.45, 2.75) is 26.3 Å². The number of halogens is 2. The van der Waals surface area contributed by atoms with Gasteiger partial charge in [-0.15, -0.1) is 0 Å². The van der Waals surface area contributed by atoms with Crippen molar-refractivity contribution in [2.24, 2.45) is 0 Å². The van der Waals surface area contributed by atoms with E-state index in [4.69, 9.17) is 0 Å². The van der Waals surface area contributed by atoms with Crippen LogP contribution >= 0.6 is 0 Å². The monoisotopic (exact) mass is 275 g/mol. The highest BCUT2D eigenvalue weighted by molar-refractivity contribution is 5.29. The number of rotatable bonds is 5. The van der Waals surface area contributed by atoms with Crippen LogP contribution in [0.3, 0.4) is 0 Å². The first-order valence-corrected chi connectivity index (χ1v) is 6.84. The van der Waals surface area contributed by atoms with Crippen molar-refractivity contribution in [3.63, 3.8) is 0 Å². The fourth-order valence-electron chi connectivity index (χ4n) is 2.32. The van der Waals surface area contributed by atoms with Gasteiger partial charge in [-0.25, -0.2) is 8.78 Å². The second kappa shape index (κ2) is 6.62. The van der Waals surface area contributed by atoms with Crippen molar-refractivity contribution in [3.05, 3.63) is 70.8 Å². The second-order valence-corrected chi connectivity index (χ2v) is 4.91. The van der Waals surface area contributed by atoms with Crippen LogP contribution in [0.4, 0.5) is 8.78 Å². The van der Waals surface area contributed by atoms with E-state index >= 15 is 0 Å². The number of hydrogen-bond acceptors (Lipinski definition) is 1. The molecule has 2 aromatic carbocycles. The Labute approximate surface area is 118 Å². The van der Waals surface area contributed by atoms with Crippen molar-refractivity contribution in [3.8, 4) is 0 Å². The summed E-state index contributed by atoms with van der Waals surface area (Å²) >= 11 is 0. The molecular formula is C17H19F2N. The Kier molecular flexibility index (Phi) is 4.85. The van der Waals surface area contributed by atoms with Crippen LogP contribution in [-0.4, -0.2) is 6.54 Å². The Morgan fingerprint density at radius 1 is 1.05 bits per heavy atom. The highest BCUT2D eigenvalue weighted by atomic mass is 19.1. The van der Waals surface area contributed by atoms with Crippen molar-refractivity contribution < 1.29 is 8.78 Å². The molecule has 0 heterocycles. The second-order valence-electron chi connectivity index (χ2n) is 4.91. The highest BCUT2D eigenvalue weighted by Crippen LogP contribution is 2.22. The minimum absolute atomic E-state index is 0.0174. The van der Waals surface area contributed by atoms with Gasteiger partial charge in [-0.2, -0.15) is 0 Å². The van der Waals surface area contributed by atoms with E-state index in [1.54, 1.807) is 25.1 Å². The summed E-state index contributed by atoms with van der Waals surface area (Å²) in [5.74, 6) is -0.413. The molecule has 0 aliphatic carbocycles. The lowest BCUT2D eigenvalue weighted by molar-refractivity contribution is 0.526. The molecule has 0 aromatic heterocycles. The van der Waals surface area contributed by atoms with Crippen LogP contribution in [0, 0.1) is 18.6 Å². The Bertz CT molecular complexity index is 581. The molecule has 106 valence electrons. The fraction of sp³-hybridized carbons (Fsp3) is 0.294. The van der Waals surface area contributed by atoms with E-state index < -0.39 is 0 Å². The van der Waals surface area contributed by atoms with Crippen molar-refractivity contribution in [2.75, 3.05) is 6.54 Å². The summed E-state index contributed by atoms with van der Waals surface area (Å²) in [6, 6.07) is 11.8. The first-order valence-electron chi connectivity index (χ1n) is 6.84. The van der Waals surface area contributed by atoms with Gasteiger partial charge in [0.2, 0.25) is 0 Å². The third-order valence-corrected chi connectivity index (χ3v) is 3.42. The van der Waals surface area contributed by atoms with Crippen molar-refractivity contribution >= 4 is 0 Å². The molecule has 0 saturated carbocycles. The Morgan fingerprint density at radius 2 is 1.80 bits per heavy atom. The third kappa shape index (κ3) is 3.42. The van der Waals surface area contributed by atoms with Gasteiger partial charge in [-0.1, -0.05) is 37.3 Å². The normalized spacial score (nSPS) is 12.4. The van der Waals surface area contributed by atoms with E-state index in [9.17, 15) is 8.78 Å². The van der Waals surface area contributed by atoms with Crippen LogP contribution in [0.15, 0.2) is 42.5 Å². The minimum atomic E-state index is -0.213. The lowest BCUT2D eigenvalue weighted by Gasteiger charge is -2.19. The zero-order valence-corrected chi connectivity index (χ0v) is 11.8. The maximum absolute atomic E-state index is 13.8. The van der Waals surface area contributed by atoms with E-state index in [0.29, 0.717) is 17.5 Å². The summed E-state index contributed by atoms with van der Waals surface area (Å²) in [5, 5.41) is 3.33. The van der Waals surface area contributed by atoms with E-state index in [1.165, 1.54) is 12.1 Å². The van der Waals surface area contributed by atoms with Gasteiger partial charge in [0, 0.05) is 6.04 Å². The molecule has 2 rings (SSSR count). The predicted octanol–water partition coefficient (Wildman–Crippen LogP) is 4.17. The van der Waals surface area contributed by atoms with Gasteiger partial charge in [-0.3, -0.25) is 0 Å². The Balaban J connectivity index is 2.27. The Morgan fingerprint density at radius 3 is 2.45 bits per heavy atom. The molecule has 0 aliphatic heterocycles. The quantitative estimate of drug-likeness (QED) is 0.863. The maximum atomic E-state index is 13.8. The van der Waals surface area contributed by atoms with Crippen LogP contribution in [0.25, 0.3) is 0 Å². The summed E-state index contributed by atoms with van der Waals surface area (Å²) in [7, 11) is 0. The predicted molar refractivity (Wildman–Crippen MR) is 77.7 cm³/mol. The SMILES string of the molecule is CCNC(Cc1ccccc1F)c1ccc(F)c(C)c1. The average Bonchev–Trinajstić information content (AvgIpc) is 2.44. The van der Waals surface area contributed by atoms with Gasteiger partial charge in [0.1, 0.15) is 11.6 Å². The molecular weight excluding hydrogens is 256 g/mol. The van der Waals surface area contributed by atoms with Gasteiger partial charge in [0.15, 0.2) is 0 Å². The van der Waals surface area contributed by atoms with E-state index in [1.807, 2.05) is 19.1 Å². The first-order chi connectivity index (χ1) is 9.61. The van der Waals surface area contributed by atoms with Crippen LogP contribution in [0.2, 0.25) is 0 Å². The molecule has 3 heteroatoms. The maximum Gasteiger partial charge on any atom is 0.126 e. The van der Waals surface area contributed by atoms with E-state index in [0.717, 1.165) is 12.1 Å². The van der Waals surface area contributed by atoms with Crippen molar-refractivity contribution in [1.82, 2.24) is 5.32 Å². The molecule has 0 fully saturated rings. The molecule has 20 heavy (non-hydrogen) atoms. The first kappa shape index (κ1) is 14.7. The molecule has 0 radical (unpaired) electrons. The largest absolute Gasteiger partial charge is 0.310 e. The Hall–Kier alpha value is -1.74. The van der Waals surface area contributed by atoms with Gasteiger partial charge in [0.25, 0.3) is 0 Å². The average molecular weight is 275 g/mol. The van der Waals surface area contributed by atoms with Gasteiger partial charge >= 0.3 is 0 Å². The van der Waals surface area contributed by atoms with Gasteiger partial charge in [0.05, 0.1) is 0 Å². The lowest BCUT2D eigenvalue weighted by atomic mass is 9.97. The molecule has 1 unspecified atom stereocenters. The van der Waals surface area contributed by atoms with Crippen LogP contribution in [0.1, 0.15) is 29.7 Å². The summed E-state index contributed by atoms with van der Waals surface area (Å²) < 4.78 is 27.1. The topological polar surface area (TPSA) is 12.0 Å². The molecule has 0 saturated heterocycles. The lowest BCUT2D eigenvalue weighted by Crippen LogP contribution is -2.23. The summed E-state index contributed by atoms with van der Waals surface area (Å²) in [6.07, 6.45) is 0.547. The zero-order valence-electron chi connectivity index (χ0n) is 11.8. The van der Waals surface area contributed by atoms with E-state index in [2.05, 4.69) is 5.32 Å². The number of benzene rings is 2. The number of aryl methyl sites for hydroxylation is 1. The van der Waals surface area contributed by atoms with Crippen molar-refractivity contribution in [1.29, 1.82) is 0 Å². The number of hydrogen-bond donors (Lipinski definition) is 1. The molecule has 0 aliphatic rings. The minimum Gasteiger partial charge on any atom is -0.310 e. The molecule has 0 amide bonds. The molecule has 0 bridgehead atoms. The summed E-state index contributed by atoms with van der Waals surface area (Å²) in [5.41, 5.74) is 2.26.